The molecule has 0 radical (unpaired) electrons. The molecule has 15 heavy (non-hydrogen) atoms. The zero-order chi connectivity index (χ0) is 11.2. The van der Waals surface area contributed by atoms with Gasteiger partial charge in [-0.05, 0) is 22.0 Å². The average molecular weight is 294 g/mol. The van der Waals surface area contributed by atoms with E-state index in [9.17, 15) is 13.6 Å². The number of halogens is 4. The number of nitrogens with one attached hydrogen (secondary N) is 1. The number of fused-ring (bicyclic) bond motifs is 1. The number of pyridine rings is 1. The highest BCUT2D eigenvalue weighted by Gasteiger charge is 2.15. The number of hydrogen-bond donors (Lipinski definition) is 1. The Balaban J connectivity index is 3.12. The van der Waals surface area contributed by atoms with E-state index in [-0.39, 0.29) is 20.4 Å². The molecule has 1 aromatic carbocycles. The molecule has 2 aromatic rings. The summed E-state index contributed by atoms with van der Waals surface area (Å²) in [6.45, 7) is 0. The second kappa shape index (κ2) is 3.57. The lowest BCUT2D eigenvalue weighted by molar-refractivity contribution is 0.609. The van der Waals surface area contributed by atoms with Crippen molar-refractivity contribution >= 4 is 38.4 Å². The van der Waals surface area contributed by atoms with Gasteiger partial charge in [0.05, 0.1) is 15.4 Å². The fraction of sp³-hybridized carbons (Fsp3) is 0. The normalized spacial score (nSPS) is 10.9. The molecule has 2 nitrogen and oxygen atoms in total. The van der Waals surface area contributed by atoms with Gasteiger partial charge in [0.15, 0.2) is 5.82 Å². The highest BCUT2D eigenvalue weighted by atomic mass is 79.9. The molecule has 0 bridgehead atoms. The van der Waals surface area contributed by atoms with Crippen molar-refractivity contribution in [3.05, 3.63) is 43.6 Å². The molecule has 0 saturated heterocycles. The van der Waals surface area contributed by atoms with Crippen LogP contribution >= 0.6 is 27.5 Å². The predicted molar refractivity (Wildman–Crippen MR) is 57.2 cm³/mol. The second-order valence-corrected chi connectivity index (χ2v) is 4.13. The van der Waals surface area contributed by atoms with Gasteiger partial charge in [0.25, 0.3) is 0 Å². The number of hydrogen-bond acceptors (Lipinski definition) is 1. The molecule has 0 aliphatic rings. The molecule has 0 aliphatic heterocycles. The van der Waals surface area contributed by atoms with E-state index in [4.69, 9.17) is 11.6 Å². The monoisotopic (exact) mass is 293 g/mol. The van der Waals surface area contributed by atoms with Crippen molar-refractivity contribution in [2.24, 2.45) is 0 Å². The van der Waals surface area contributed by atoms with E-state index < -0.39 is 17.1 Å². The largest absolute Gasteiger partial charge is 0.357 e. The minimum Gasteiger partial charge on any atom is -0.357 e. The highest BCUT2D eigenvalue weighted by Crippen LogP contribution is 2.25. The Morgan fingerprint density at radius 1 is 1.40 bits per heavy atom. The Labute approximate surface area is 96.0 Å². The quantitative estimate of drug-likeness (QED) is 0.744. The lowest BCUT2D eigenvalue weighted by atomic mass is 10.2. The van der Waals surface area contributed by atoms with Crippen LogP contribution in [0.3, 0.4) is 0 Å². The van der Waals surface area contributed by atoms with Crippen LogP contribution in [0.4, 0.5) is 8.78 Å². The predicted octanol–water partition coefficient (Wildman–Crippen LogP) is 3.22. The average Bonchev–Trinajstić information content (AvgIpc) is 2.19. The number of rotatable bonds is 0. The van der Waals surface area contributed by atoms with Gasteiger partial charge >= 0.3 is 0 Å². The van der Waals surface area contributed by atoms with Gasteiger partial charge in [-0.15, -0.1) is 0 Å². The van der Waals surface area contributed by atoms with Crippen LogP contribution in [0.5, 0.6) is 0 Å². The Hall–Kier alpha value is -0.940. The number of aromatic amines is 1. The van der Waals surface area contributed by atoms with Crippen LogP contribution < -0.4 is 5.43 Å². The molecule has 1 heterocycles. The van der Waals surface area contributed by atoms with Crippen molar-refractivity contribution in [2.45, 2.75) is 0 Å². The molecule has 0 aliphatic carbocycles. The Morgan fingerprint density at radius 2 is 2.07 bits per heavy atom. The van der Waals surface area contributed by atoms with Crippen LogP contribution in [0.15, 0.2) is 21.5 Å². The lowest BCUT2D eigenvalue weighted by Crippen LogP contribution is -2.07. The van der Waals surface area contributed by atoms with Crippen LogP contribution in [0, 0.1) is 11.6 Å². The van der Waals surface area contributed by atoms with Crippen molar-refractivity contribution in [1.29, 1.82) is 0 Å². The highest BCUT2D eigenvalue weighted by molar-refractivity contribution is 9.10. The molecule has 0 spiro atoms. The van der Waals surface area contributed by atoms with Gasteiger partial charge in [-0.1, -0.05) is 11.6 Å². The van der Waals surface area contributed by atoms with Gasteiger partial charge in [-0.25, -0.2) is 8.78 Å². The zero-order valence-corrected chi connectivity index (χ0v) is 9.42. The third-order valence-electron chi connectivity index (χ3n) is 1.96. The zero-order valence-electron chi connectivity index (χ0n) is 7.07. The van der Waals surface area contributed by atoms with Crippen LogP contribution in [0.2, 0.25) is 5.02 Å². The van der Waals surface area contributed by atoms with Crippen LogP contribution in [-0.4, -0.2) is 4.98 Å². The summed E-state index contributed by atoms with van der Waals surface area (Å²) in [5.74, 6) is -1.54. The van der Waals surface area contributed by atoms with Crippen LogP contribution in [0.25, 0.3) is 10.9 Å². The summed E-state index contributed by atoms with van der Waals surface area (Å²) in [5, 5.41) is -0.562. The first-order chi connectivity index (χ1) is 7.02. The first kappa shape index (κ1) is 10.6. The first-order valence-electron chi connectivity index (χ1n) is 3.86. The maximum atomic E-state index is 13.5. The molecule has 0 fully saturated rings. The number of H-pyrrole nitrogens is 1. The summed E-state index contributed by atoms with van der Waals surface area (Å²) in [7, 11) is 0. The minimum absolute atomic E-state index is 0.111. The standard InChI is InChI=1S/C9H3BrClF2NO/c10-3-1-5(12)8-6(7(3)13)9(15)4(11)2-14-8/h1-2H,(H,14,15). The summed E-state index contributed by atoms with van der Waals surface area (Å²) in [5.41, 5.74) is -0.923. The Morgan fingerprint density at radius 3 is 2.73 bits per heavy atom. The maximum Gasteiger partial charge on any atom is 0.211 e. The van der Waals surface area contributed by atoms with Gasteiger partial charge in [-0.3, -0.25) is 4.79 Å². The van der Waals surface area contributed by atoms with Crippen molar-refractivity contribution in [1.82, 2.24) is 4.98 Å². The molecule has 0 amide bonds. The minimum atomic E-state index is -0.824. The summed E-state index contributed by atoms with van der Waals surface area (Å²) >= 11 is 8.33. The fourth-order valence-corrected chi connectivity index (χ4v) is 1.82. The molecule has 1 aromatic heterocycles. The summed E-state index contributed by atoms with van der Waals surface area (Å²) in [4.78, 5) is 13.9. The van der Waals surface area contributed by atoms with E-state index >= 15 is 0 Å². The molecule has 2 rings (SSSR count). The number of benzene rings is 1. The van der Waals surface area contributed by atoms with Gasteiger partial charge in [0.2, 0.25) is 5.43 Å². The molecule has 1 N–H and O–H groups in total. The maximum absolute atomic E-state index is 13.5. The topological polar surface area (TPSA) is 32.9 Å². The van der Waals surface area contributed by atoms with Gasteiger partial charge in [0, 0.05) is 6.20 Å². The van der Waals surface area contributed by atoms with Crippen molar-refractivity contribution in [3.63, 3.8) is 0 Å². The summed E-state index contributed by atoms with van der Waals surface area (Å²) < 4.78 is 26.7. The molecule has 6 heteroatoms. The van der Waals surface area contributed by atoms with E-state index in [1.165, 1.54) is 0 Å². The van der Waals surface area contributed by atoms with E-state index in [0.717, 1.165) is 12.3 Å². The van der Waals surface area contributed by atoms with E-state index in [1.54, 1.807) is 0 Å². The van der Waals surface area contributed by atoms with Crippen LogP contribution in [-0.2, 0) is 0 Å². The van der Waals surface area contributed by atoms with Gasteiger partial charge < -0.3 is 4.98 Å². The van der Waals surface area contributed by atoms with E-state index in [1.807, 2.05) is 0 Å². The molecular formula is C9H3BrClF2NO. The molecule has 0 atom stereocenters. The number of aromatic nitrogens is 1. The van der Waals surface area contributed by atoms with E-state index in [0.29, 0.717) is 0 Å². The molecule has 78 valence electrons. The SMILES string of the molecule is O=c1c(Cl)c[nH]c2c(F)cc(Br)c(F)c12. The van der Waals surface area contributed by atoms with Crippen molar-refractivity contribution in [2.75, 3.05) is 0 Å². The third kappa shape index (κ3) is 1.55. The van der Waals surface area contributed by atoms with Gasteiger partial charge in [-0.2, -0.15) is 0 Å². The molecular weight excluding hydrogens is 291 g/mol. The second-order valence-electron chi connectivity index (χ2n) is 2.87. The van der Waals surface area contributed by atoms with Crippen LogP contribution in [0.1, 0.15) is 0 Å². The first-order valence-corrected chi connectivity index (χ1v) is 5.04. The van der Waals surface area contributed by atoms with E-state index in [2.05, 4.69) is 20.9 Å². The summed E-state index contributed by atoms with van der Waals surface area (Å²) in [6.07, 6.45) is 1.13. The molecule has 0 unspecified atom stereocenters. The molecule has 0 saturated carbocycles. The Kier molecular flexibility index (Phi) is 2.52. The smallest absolute Gasteiger partial charge is 0.211 e. The Bertz CT molecular complexity index is 611. The van der Waals surface area contributed by atoms with Gasteiger partial charge in [0.1, 0.15) is 10.8 Å². The lowest BCUT2D eigenvalue weighted by Gasteiger charge is -2.03. The van der Waals surface area contributed by atoms with Crippen molar-refractivity contribution in [3.8, 4) is 0 Å². The summed E-state index contributed by atoms with van der Waals surface area (Å²) in [6, 6.07) is 0.946. The third-order valence-corrected chi connectivity index (χ3v) is 2.82. The van der Waals surface area contributed by atoms with Crippen molar-refractivity contribution < 1.29 is 8.78 Å². The fourth-order valence-electron chi connectivity index (χ4n) is 1.27.